The quantitative estimate of drug-likeness (QED) is 0.663. The van der Waals surface area contributed by atoms with Crippen molar-refractivity contribution in [3.05, 3.63) is 29.7 Å². The molecule has 2 rings (SSSR count). The molecule has 0 saturated carbocycles. The zero-order chi connectivity index (χ0) is 8.39. The molecule has 0 aliphatic carbocycles. The van der Waals surface area contributed by atoms with Gasteiger partial charge in [-0.15, -0.1) is 0 Å². The topological polar surface area (TPSA) is 65.0 Å². The second-order valence-corrected chi connectivity index (χ2v) is 2.40. The molecule has 2 aromatic rings. The normalized spacial score (nSPS) is 10.4. The van der Waals surface area contributed by atoms with E-state index in [-0.39, 0.29) is 0 Å². The average Bonchev–Trinajstić information content (AvgIpc) is 2.63. The van der Waals surface area contributed by atoms with Gasteiger partial charge >= 0.3 is 0 Å². The first-order chi connectivity index (χ1) is 5.84. The van der Waals surface area contributed by atoms with Gasteiger partial charge in [0.15, 0.2) is 5.82 Å². The largest absolute Gasteiger partial charge is 0.364 e. The van der Waals surface area contributed by atoms with E-state index in [1.807, 2.05) is 0 Å². The van der Waals surface area contributed by atoms with E-state index >= 15 is 0 Å². The Balaban J connectivity index is 2.14. The lowest BCUT2D eigenvalue weighted by Gasteiger charge is -1.83. The van der Waals surface area contributed by atoms with Crippen LogP contribution >= 0.6 is 0 Å². The molecule has 5 nitrogen and oxygen atoms in total. The van der Waals surface area contributed by atoms with Gasteiger partial charge in [0.25, 0.3) is 0 Å². The van der Waals surface area contributed by atoms with Crippen molar-refractivity contribution in [3.8, 4) is 0 Å². The van der Waals surface area contributed by atoms with Crippen molar-refractivity contribution in [2.24, 2.45) is 0 Å². The maximum Gasteiger partial charge on any atom is 0.223 e. The van der Waals surface area contributed by atoms with E-state index in [2.05, 4.69) is 19.8 Å². The molecule has 62 valence electrons. The van der Waals surface area contributed by atoms with E-state index in [1.54, 1.807) is 13.0 Å². The molecule has 12 heavy (non-hydrogen) atoms. The molecule has 0 radical (unpaired) electrons. The van der Waals surface area contributed by atoms with Crippen LogP contribution in [0.3, 0.4) is 0 Å². The van der Waals surface area contributed by atoms with Crippen LogP contribution < -0.4 is 0 Å². The second kappa shape index (κ2) is 2.77. The Kier molecular flexibility index (Phi) is 1.62. The third-order valence-corrected chi connectivity index (χ3v) is 1.40. The lowest BCUT2D eigenvalue weighted by molar-refractivity contribution is 0.386. The Hall–Kier alpha value is -1.65. The molecule has 2 aromatic heterocycles. The fourth-order valence-electron chi connectivity index (χ4n) is 0.904. The van der Waals surface area contributed by atoms with Crippen LogP contribution in [0.4, 0.5) is 0 Å². The number of aryl methyl sites for hydroxylation is 1. The standard InChI is InChI=1S/C7H7N3O2/c1-5-8-7(10-12-5)4-6-2-3-11-9-6/h2-3H,4H2,1H3. The molecular formula is C7H7N3O2. The van der Waals surface area contributed by atoms with Crippen molar-refractivity contribution in [2.45, 2.75) is 13.3 Å². The third-order valence-electron chi connectivity index (χ3n) is 1.40. The predicted octanol–water partition coefficient (Wildman–Crippen LogP) is 0.957. The zero-order valence-electron chi connectivity index (χ0n) is 6.52. The van der Waals surface area contributed by atoms with Gasteiger partial charge in [0.05, 0.1) is 12.1 Å². The summed E-state index contributed by atoms with van der Waals surface area (Å²) in [5.41, 5.74) is 0.802. The molecule has 0 aliphatic rings. The Morgan fingerprint density at radius 1 is 1.42 bits per heavy atom. The maximum atomic E-state index is 4.79. The maximum absolute atomic E-state index is 4.79. The molecule has 5 heteroatoms. The zero-order valence-corrected chi connectivity index (χ0v) is 6.52. The number of aromatic nitrogens is 3. The van der Waals surface area contributed by atoms with Crippen LogP contribution in [0.5, 0.6) is 0 Å². The van der Waals surface area contributed by atoms with E-state index in [0.29, 0.717) is 18.1 Å². The van der Waals surface area contributed by atoms with Crippen LogP contribution in [0, 0.1) is 6.92 Å². The molecule has 0 atom stereocenters. The van der Waals surface area contributed by atoms with Gasteiger partial charge in [-0.1, -0.05) is 10.3 Å². The Morgan fingerprint density at radius 2 is 2.33 bits per heavy atom. The number of hydrogen-bond acceptors (Lipinski definition) is 5. The lowest BCUT2D eigenvalue weighted by Crippen LogP contribution is -1.90. The van der Waals surface area contributed by atoms with Crippen molar-refractivity contribution >= 4 is 0 Å². The average molecular weight is 165 g/mol. The van der Waals surface area contributed by atoms with E-state index in [0.717, 1.165) is 5.69 Å². The van der Waals surface area contributed by atoms with E-state index < -0.39 is 0 Å². The van der Waals surface area contributed by atoms with Gasteiger partial charge in [0.2, 0.25) is 5.89 Å². The van der Waals surface area contributed by atoms with Gasteiger partial charge < -0.3 is 9.05 Å². The molecule has 0 N–H and O–H groups in total. The minimum Gasteiger partial charge on any atom is -0.364 e. The summed E-state index contributed by atoms with van der Waals surface area (Å²) in [6, 6.07) is 1.77. The summed E-state index contributed by atoms with van der Waals surface area (Å²) in [5, 5.41) is 7.45. The van der Waals surface area contributed by atoms with E-state index in [9.17, 15) is 0 Å². The number of nitrogens with zero attached hydrogens (tertiary/aromatic N) is 3. The summed E-state index contributed by atoms with van der Waals surface area (Å²) in [7, 11) is 0. The highest BCUT2D eigenvalue weighted by atomic mass is 16.5. The van der Waals surface area contributed by atoms with Gasteiger partial charge in [-0.3, -0.25) is 0 Å². The molecular weight excluding hydrogens is 158 g/mol. The predicted molar refractivity (Wildman–Crippen MR) is 38.3 cm³/mol. The first kappa shape index (κ1) is 7.02. The molecule has 0 amide bonds. The number of hydrogen-bond donors (Lipinski definition) is 0. The highest BCUT2D eigenvalue weighted by Gasteiger charge is 2.04. The van der Waals surface area contributed by atoms with Crippen molar-refractivity contribution in [1.29, 1.82) is 0 Å². The molecule has 0 spiro atoms. The molecule has 0 saturated heterocycles. The lowest BCUT2D eigenvalue weighted by atomic mass is 10.3. The van der Waals surface area contributed by atoms with Crippen molar-refractivity contribution in [3.63, 3.8) is 0 Å². The summed E-state index contributed by atoms with van der Waals surface area (Å²) in [4.78, 5) is 4.03. The van der Waals surface area contributed by atoms with Gasteiger partial charge in [0.1, 0.15) is 6.26 Å². The first-order valence-electron chi connectivity index (χ1n) is 3.53. The molecule has 0 fully saturated rings. The summed E-state index contributed by atoms with van der Waals surface area (Å²) in [5.74, 6) is 1.19. The monoisotopic (exact) mass is 165 g/mol. The summed E-state index contributed by atoms with van der Waals surface area (Å²) in [6.07, 6.45) is 2.07. The van der Waals surface area contributed by atoms with Gasteiger partial charge in [0, 0.05) is 13.0 Å². The van der Waals surface area contributed by atoms with Crippen LogP contribution in [0.1, 0.15) is 17.4 Å². The molecule has 0 aliphatic heterocycles. The SMILES string of the molecule is Cc1nc(Cc2ccon2)no1. The minimum atomic E-state index is 0.549. The summed E-state index contributed by atoms with van der Waals surface area (Å²) in [6.45, 7) is 1.75. The van der Waals surface area contributed by atoms with Crippen molar-refractivity contribution < 1.29 is 9.05 Å². The molecule has 0 aromatic carbocycles. The summed E-state index contributed by atoms with van der Waals surface area (Å²) < 4.78 is 9.45. The summed E-state index contributed by atoms with van der Waals surface area (Å²) >= 11 is 0. The smallest absolute Gasteiger partial charge is 0.223 e. The number of rotatable bonds is 2. The Bertz CT molecular complexity index is 352. The van der Waals surface area contributed by atoms with Crippen LogP contribution in [0.25, 0.3) is 0 Å². The third kappa shape index (κ3) is 1.34. The minimum absolute atomic E-state index is 0.549. The fourth-order valence-corrected chi connectivity index (χ4v) is 0.904. The molecule has 0 bridgehead atoms. The van der Waals surface area contributed by atoms with E-state index in [1.165, 1.54) is 6.26 Å². The van der Waals surface area contributed by atoms with Gasteiger partial charge in [-0.25, -0.2) is 0 Å². The van der Waals surface area contributed by atoms with Crippen LogP contribution in [-0.2, 0) is 6.42 Å². The Morgan fingerprint density at radius 3 is 2.92 bits per heavy atom. The van der Waals surface area contributed by atoms with Gasteiger partial charge in [-0.05, 0) is 0 Å². The van der Waals surface area contributed by atoms with Crippen LogP contribution in [-0.4, -0.2) is 15.3 Å². The highest BCUT2D eigenvalue weighted by Crippen LogP contribution is 2.03. The fraction of sp³-hybridized carbons (Fsp3) is 0.286. The molecule has 2 heterocycles. The Labute approximate surface area is 68.4 Å². The van der Waals surface area contributed by atoms with Crippen LogP contribution in [0.15, 0.2) is 21.4 Å². The van der Waals surface area contributed by atoms with Gasteiger partial charge in [-0.2, -0.15) is 4.98 Å². The van der Waals surface area contributed by atoms with Crippen LogP contribution in [0.2, 0.25) is 0 Å². The second-order valence-electron chi connectivity index (χ2n) is 2.40. The highest BCUT2D eigenvalue weighted by molar-refractivity contribution is 5.03. The van der Waals surface area contributed by atoms with E-state index in [4.69, 9.17) is 4.52 Å². The van der Waals surface area contributed by atoms with Crippen molar-refractivity contribution in [2.75, 3.05) is 0 Å². The van der Waals surface area contributed by atoms with Crippen molar-refractivity contribution in [1.82, 2.24) is 15.3 Å². The first-order valence-corrected chi connectivity index (χ1v) is 3.53. The molecule has 0 unspecified atom stereocenters.